The molecule has 0 aliphatic carbocycles. The number of nitrogen functional groups attached to an aromatic ring is 1. The van der Waals surface area contributed by atoms with Crippen molar-refractivity contribution in [2.24, 2.45) is 7.05 Å². The molecule has 0 saturated heterocycles. The standard InChI is InChI=1S/C15H17N5/c1-20-10-11(8-19-20)4-7-18-15-3-2-14(16)12-5-6-17-9-13(12)15/h2-3,5-6,8-10,18H,4,7,16H2,1H3. The summed E-state index contributed by atoms with van der Waals surface area (Å²) in [5.74, 6) is 0. The van der Waals surface area contributed by atoms with Gasteiger partial charge in [-0.2, -0.15) is 5.10 Å². The van der Waals surface area contributed by atoms with E-state index in [1.807, 2.05) is 48.5 Å². The molecule has 0 fully saturated rings. The maximum Gasteiger partial charge on any atom is 0.0522 e. The maximum absolute atomic E-state index is 5.98. The summed E-state index contributed by atoms with van der Waals surface area (Å²) < 4.78 is 1.82. The van der Waals surface area contributed by atoms with Crippen molar-refractivity contribution < 1.29 is 0 Å². The number of anilines is 2. The summed E-state index contributed by atoms with van der Waals surface area (Å²) in [6.07, 6.45) is 8.46. The first-order chi connectivity index (χ1) is 9.74. The quantitative estimate of drug-likeness (QED) is 0.711. The van der Waals surface area contributed by atoms with Crippen LogP contribution >= 0.6 is 0 Å². The van der Waals surface area contributed by atoms with Crippen molar-refractivity contribution in [2.75, 3.05) is 17.6 Å². The van der Waals surface area contributed by atoms with Crippen LogP contribution in [0.25, 0.3) is 10.8 Å². The molecule has 0 aliphatic heterocycles. The lowest BCUT2D eigenvalue weighted by molar-refractivity contribution is 0.767. The largest absolute Gasteiger partial charge is 0.398 e. The zero-order chi connectivity index (χ0) is 13.9. The lowest BCUT2D eigenvalue weighted by Gasteiger charge is -2.10. The van der Waals surface area contributed by atoms with Gasteiger partial charge in [-0.15, -0.1) is 0 Å². The van der Waals surface area contributed by atoms with Crippen molar-refractivity contribution in [3.8, 4) is 0 Å². The predicted octanol–water partition coefficient (Wildman–Crippen LogP) is 2.21. The Morgan fingerprint density at radius 1 is 1.20 bits per heavy atom. The molecule has 3 N–H and O–H groups in total. The first-order valence-electron chi connectivity index (χ1n) is 6.57. The Labute approximate surface area is 117 Å². The fraction of sp³-hybridized carbons (Fsp3) is 0.200. The topological polar surface area (TPSA) is 68.8 Å². The van der Waals surface area contributed by atoms with Crippen LogP contribution in [0, 0.1) is 0 Å². The minimum atomic E-state index is 0.778. The van der Waals surface area contributed by atoms with Gasteiger partial charge in [-0.3, -0.25) is 9.67 Å². The highest BCUT2D eigenvalue weighted by atomic mass is 15.2. The Morgan fingerprint density at radius 3 is 2.90 bits per heavy atom. The average molecular weight is 267 g/mol. The zero-order valence-electron chi connectivity index (χ0n) is 11.4. The highest BCUT2D eigenvalue weighted by Gasteiger charge is 2.04. The number of hydrogen-bond acceptors (Lipinski definition) is 4. The van der Waals surface area contributed by atoms with Crippen molar-refractivity contribution >= 4 is 22.1 Å². The molecule has 0 amide bonds. The number of benzene rings is 1. The molecule has 1 aromatic carbocycles. The Bertz CT molecular complexity index is 732. The van der Waals surface area contributed by atoms with Crippen molar-refractivity contribution in [1.29, 1.82) is 0 Å². The second-order valence-electron chi connectivity index (χ2n) is 4.82. The molecule has 3 aromatic rings. The number of nitrogens with one attached hydrogen (secondary N) is 1. The van der Waals surface area contributed by atoms with E-state index in [1.165, 1.54) is 5.56 Å². The number of aryl methyl sites for hydroxylation is 1. The van der Waals surface area contributed by atoms with E-state index in [0.717, 1.165) is 35.1 Å². The summed E-state index contributed by atoms with van der Waals surface area (Å²) in [5.41, 5.74) is 9.04. The van der Waals surface area contributed by atoms with Crippen molar-refractivity contribution in [3.05, 3.63) is 48.5 Å². The maximum atomic E-state index is 5.98. The van der Waals surface area contributed by atoms with Gasteiger partial charge in [0.1, 0.15) is 0 Å². The number of hydrogen-bond donors (Lipinski definition) is 2. The van der Waals surface area contributed by atoms with Gasteiger partial charge in [-0.1, -0.05) is 0 Å². The van der Waals surface area contributed by atoms with Crippen LogP contribution in [-0.2, 0) is 13.5 Å². The zero-order valence-corrected chi connectivity index (χ0v) is 11.4. The molecular formula is C15H17N5. The molecule has 2 aromatic heterocycles. The van der Waals surface area contributed by atoms with E-state index in [2.05, 4.69) is 15.4 Å². The summed E-state index contributed by atoms with van der Waals surface area (Å²) in [5, 5.41) is 9.69. The van der Waals surface area contributed by atoms with E-state index in [9.17, 15) is 0 Å². The first-order valence-corrected chi connectivity index (χ1v) is 6.57. The Hall–Kier alpha value is -2.56. The van der Waals surface area contributed by atoms with Crippen molar-refractivity contribution in [1.82, 2.24) is 14.8 Å². The molecule has 0 spiro atoms. The van der Waals surface area contributed by atoms with Crippen LogP contribution in [0.1, 0.15) is 5.56 Å². The minimum absolute atomic E-state index is 0.778. The number of pyridine rings is 1. The smallest absolute Gasteiger partial charge is 0.0522 e. The molecule has 0 unspecified atom stereocenters. The molecule has 5 nitrogen and oxygen atoms in total. The summed E-state index contributed by atoms with van der Waals surface area (Å²) >= 11 is 0. The van der Waals surface area contributed by atoms with Gasteiger partial charge in [0.25, 0.3) is 0 Å². The lowest BCUT2D eigenvalue weighted by atomic mass is 10.1. The number of fused-ring (bicyclic) bond motifs is 1. The van der Waals surface area contributed by atoms with Crippen LogP contribution in [0.15, 0.2) is 43.0 Å². The van der Waals surface area contributed by atoms with Crippen LogP contribution in [0.3, 0.4) is 0 Å². The molecule has 0 saturated carbocycles. The lowest BCUT2D eigenvalue weighted by Crippen LogP contribution is -2.05. The molecule has 3 rings (SSSR count). The van der Waals surface area contributed by atoms with E-state index in [4.69, 9.17) is 5.73 Å². The van der Waals surface area contributed by atoms with Crippen LogP contribution in [0.2, 0.25) is 0 Å². The van der Waals surface area contributed by atoms with Crippen molar-refractivity contribution in [2.45, 2.75) is 6.42 Å². The average Bonchev–Trinajstić information content (AvgIpc) is 2.87. The predicted molar refractivity (Wildman–Crippen MR) is 81.6 cm³/mol. The number of nitrogens with zero attached hydrogens (tertiary/aromatic N) is 3. The van der Waals surface area contributed by atoms with E-state index >= 15 is 0 Å². The molecule has 0 bridgehead atoms. The van der Waals surface area contributed by atoms with Gasteiger partial charge < -0.3 is 11.1 Å². The Kier molecular flexibility index (Phi) is 3.25. The third kappa shape index (κ3) is 2.42. The van der Waals surface area contributed by atoms with Crippen LogP contribution in [-0.4, -0.2) is 21.3 Å². The number of rotatable bonds is 4. The van der Waals surface area contributed by atoms with E-state index in [-0.39, 0.29) is 0 Å². The van der Waals surface area contributed by atoms with Gasteiger partial charge in [-0.25, -0.2) is 0 Å². The molecule has 2 heterocycles. The fourth-order valence-electron chi connectivity index (χ4n) is 2.31. The SMILES string of the molecule is Cn1cc(CCNc2ccc(N)c3ccncc23)cn1. The Morgan fingerprint density at radius 2 is 2.10 bits per heavy atom. The van der Waals surface area contributed by atoms with Gasteiger partial charge in [0.05, 0.1) is 6.20 Å². The minimum Gasteiger partial charge on any atom is -0.398 e. The normalized spacial score (nSPS) is 10.8. The van der Waals surface area contributed by atoms with Crippen molar-refractivity contribution in [3.63, 3.8) is 0 Å². The molecule has 0 atom stereocenters. The third-order valence-electron chi connectivity index (χ3n) is 3.34. The van der Waals surface area contributed by atoms with Crippen LogP contribution < -0.4 is 11.1 Å². The highest BCUT2D eigenvalue weighted by Crippen LogP contribution is 2.27. The molecule has 102 valence electrons. The molecule has 20 heavy (non-hydrogen) atoms. The third-order valence-corrected chi connectivity index (χ3v) is 3.34. The highest BCUT2D eigenvalue weighted by molar-refractivity contribution is 6.00. The summed E-state index contributed by atoms with van der Waals surface area (Å²) in [6, 6.07) is 5.87. The first kappa shape index (κ1) is 12.5. The van der Waals surface area contributed by atoms with E-state index < -0.39 is 0 Å². The molecular weight excluding hydrogens is 250 g/mol. The summed E-state index contributed by atoms with van der Waals surface area (Å²) in [6.45, 7) is 0.847. The summed E-state index contributed by atoms with van der Waals surface area (Å²) in [4.78, 5) is 4.18. The van der Waals surface area contributed by atoms with Gasteiger partial charge in [0.15, 0.2) is 0 Å². The molecule has 0 radical (unpaired) electrons. The van der Waals surface area contributed by atoms with Gasteiger partial charge >= 0.3 is 0 Å². The van der Waals surface area contributed by atoms with Gasteiger partial charge in [0, 0.05) is 54.3 Å². The van der Waals surface area contributed by atoms with E-state index in [0.29, 0.717) is 0 Å². The monoisotopic (exact) mass is 267 g/mol. The molecule has 0 aliphatic rings. The molecule has 5 heteroatoms. The number of nitrogens with two attached hydrogens (primary N) is 1. The fourth-order valence-corrected chi connectivity index (χ4v) is 2.31. The second kappa shape index (κ2) is 5.21. The van der Waals surface area contributed by atoms with E-state index in [1.54, 1.807) is 6.20 Å². The van der Waals surface area contributed by atoms with Crippen LogP contribution in [0.5, 0.6) is 0 Å². The summed E-state index contributed by atoms with van der Waals surface area (Å²) in [7, 11) is 1.93. The number of aromatic nitrogens is 3. The van der Waals surface area contributed by atoms with Gasteiger partial charge in [-0.05, 0) is 30.2 Å². The second-order valence-corrected chi connectivity index (χ2v) is 4.82. The Balaban J connectivity index is 1.76. The van der Waals surface area contributed by atoms with Gasteiger partial charge in [0.2, 0.25) is 0 Å². The van der Waals surface area contributed by atoms with Crippen LogP contribution in [0.4, 0.5) is 11.4 Å².